The summed E-state index contributed by atoms with van der Waals surface area (Å²) in [7, 11) is 0. The number of hydrogen-bond acceptors (Lipinski definition) is 17. The van der Waals surface area contributed by atoms with E-state index in [0.29, 0.717) is 0 Å². The number of aliphatic hydroxyl groups is 10. The third kappa shape index (κ3) is 18.8. The molecule has 0 aliphatic carbocycles. The Morgan fingerprint density at radius 1 is 0.692 bits per heavy atom. The molecular formula is C47H75NO17. The number of fused-ring (bicyclic) bond motifs is 2. The first kappa shape index (κ1) is 56.1. The highest BCUT2D eigenvalue weighted by atomic mass is 16.7. The van der Waals surface area contributed by atoms with Crippen molar-refractivity contribution >= 4 is 11.9 Å². The molecule has 0 saturated carbocycles. The van der Waals surface area contributed by atoms with Crippen molar-refractivity contribution in [3.63, 3.8) is 0 Å². The number of allylic oxidation sites excluding steroid dienone is 10. The third-order valence-corrected chi connectivity index (χ3v) is 12.2. The van der Waals surface area contributed by atoms with Crippen molar-refractivity contribution in [2.75, 3.05) is 0 Å². The second-order valence-corrected chi connectivity index (χ2v) is 17.8. The highest BCUT2D eigenvalue weighted by Gasteiger charge is 2.51. The molecule has 0 radical (unpaired) electrons. The van der Waals surface area contributed by atoms with E-state index in [1.54, 1.807) is 38.2 Å². The molecule has 0 amide bonds. The summed E-state index contributed by atoms with van der Waals surface area (Å²) >= 11 is 0. The first-order chi connectivity index (χ1) is 30.6. The summed E-state index contributed by atoms with van der Waals surface area (Å²) in [6.45, 7) is 6.78. The zero-order chi connectivity index (χ0) is 48.4. The Labute approximate surface area is 381 Å². The Morgan fingerprint density at radius 3 is 1.94 bits per heavy atom. The van der Waals surface area contributed by atoms with Crippen LogP contribution in [0.4, 0.5) is 0 Å². The standard InChI is InChI=1S/C47H75NO17/c1-27-17-15-13-11-9-7-5-6-8-10-12-14-16-18-34(64-46-44(58)41(48)43(57)30(4)63-46)24-38-40(45(59)60)37(54)26-47(61,65-38)25-36(53)35(52)20-19-31(49)21-32(50)22-33(51)23-39(55)62-29(3)28(2)42(27)56/h5-6,8,10-18,27-38,40-44,46,49-54,56-58,61H,7,9,19-26,48H2,1-4H3,(H,59,60)/t27?,28?,29?,30?,31?,32?,33?,34?,35?,36?,37?,38?,40?,41?,42?,43?,44?,46?,47-/m0/s1. The van der Waals surface area contributed by atoms with Crippen molar-refractivity contribution in [2.45, 2.75) is 189 Å². The van der Waals surface area contributed by atoms with Crippen LogP contribution in [0, 0.1) is 17.8 Å². The molecular weight excluding hydrogens is 851 g/mol. The van der Waals surface area contributed by atoms with Gasteiger partial charge in [0.2, 0.25) is 0 Å². The molecule has 370 valence electrons. The SMILES string of the molecule is CC1C=CC=CCCC=CC=CC=CC=CC(OC2OC(C)C(O)C(N)C2O)CC2O[C@@](O)(CC(O)C(O)CCC(O)CC(O)CC(O)CC(=O)OC(C)C(C)C1O)CC(O)C2C(=O)O. The Morgan fingerprint density at radius 2 is 1.28 bits per heavy atom. The molecule has 3 rings (SSSR count). The molecule has 0 aromatic rings. The second kappa shape index (κ2) is 27.6. The molecule has 2 bridgehead atoms. The van der Waals surface area contributed by atoms with Crippen LogP contribution in [0.2, 0.25) is 0 Å². The summed E-state index contributed by atoms with van der Waals surface area (Å²) in [5.41, 5.74) is 6.02. The molecule has 0 aromatic carbocycles. The highest BCUT2D eigenvalue weighted by molar-refractivity contribution is 5.71. The van der Waals surface area contributed by atoms with Crippen molar-refractivity contribution in [1.29, 1.82) is 0 Å². The Bertz CT molecular complexity index is 1620. The van der Waals surface area contributed by atoms with Gasteiger partial charge in [-0.15, -0.1) is 0 Å². The van der Waals surface area contributed by atoms with E-state index in [1.807, 2.05) is 49.5 Å². The number of carboxylic acids is 1. The number of carboxylic acid groups (broad SMARTS) is 1. The fourth-order valence-corrected chi connectivity index (χ4v) is 8.11. The van der Waals surface area contributed by atoms with Crippen LogP contribution in [0.1, 0.15) is 91.9 Å². The van der Waals surface area contributed by atoms with Gasteiger partial charge in [-0.2, -0.15) is 0 Å². The summed E-state index contributed by atoms with van der Waals surface area (Å²) in [6, 6.07) is -1.14. The normalized spacial score (nSPS) is 42.3. The average molecular weight is 926 g/mol. The predicted octanol–water partition coefficient (Wildman–Crippen LogP) is 0.936. The van der Waals surface area contributed by atoms with E-state index >= 15 is 0 Å². The van der Waals surface area contributed by atoms with E-state index in [2.05, 4.69) is 0 Å². The van der Waals surface area contributed by atoms with Gasteiger partial charge in [0.25, 0.3) is 0 Å². The largest absolute Gasteiger partial charge is 0.481 e. The zero-order valence-electron chi connectivity index (χ0n) is 37.8. The lowest BCUT2D eigenvalue weighted by Crippen LogP contribution is -2.61. The van der Waals surface area contributed by atoms with Gasteiger partial charge < -0.3 is 80.9 Å². The molecule has 0 spiro atoms. The molecule has 18 unspecified atom stereocenters. The smallest absolute Gasteiger partial charge is 0.311 e. The van der Waals surface area contributed by atoms with Gasteiger partial charge >= 0.3 is 11.9 Å². The van der Waals surface area contributed by atoms with E-state index in [9.17, 15) is 65.8 Å². The van der Waals surface area contributed by atoms with Gasteiger partial charge in [-0.25, -0.2) is 0 Å². The monoisotopic (exact) mass is 926 g/mol. The van der Waals surface area contributed by atoms with Gasteiger partial charge in [-0.1, -0.05) is 86.8 Å². The minimum absolute atomic E-state index is 0.138. The molecule has 13 N–H and O–H groups in total. The number of carbonyl (C=O) groups excluding carboxylic acids is 1. The van der Waals surface area contributed by atoms with Crippen molar-refractivity contribution < 1.29 is 84.7 Å². The molecule has 3 aliphatic heterocycles. The maximum absolute atomic E-state index is 12.6. The fraction of sp³-hybridized carbons (Fsp3) is 0.702. The average Bonchev–Trinajstić information content (AvgIpc) is 3.21. The molecule has 0 aromatic heterocycles. The van der Waals surface area contributed by atoms with Crippen molar-refractivity contribution in [3.8, 4) is 0 Å². The van der Waals surface area contributed by atoms with Crippen molar-refractivity contribution in [2.24, 2.45) is 23.5 Å². The van der Waals surface area contributed by atoms with Crippen LogP contribution >= 0.6 is 0 Å². The number of aliphatic carboxylic acids is 1. The minimum atomic E-state index is -2.35. The highest BCUT2D eigenvalue weighted by Crippen LogP contribution is 2.38. The number of nitrogens with two attached hydrogens (primary N) is 1. The summed E-state index contributed by atoms with van der Waals surface area (Å²) in [6.07, 6.45) is 2.28. The Kier molecular flexibility index (Phi) is 23.8. The van der Waals surface area contributed by atoms with Crippen molar-refractivity contribution in [3.05, 3.63) is 72.9 Å². The van der Waals surface area contributed by atoms with Crippen LogP contribution in [0.15, 0.2) is 72.9 Å². The molecule has 2 fully saturated rings. The van der Waals surface area contributed by atoms with E-state index in [1.165, 1.54) is 13.0 Å². The predicted molar refractivity (Wildman–Crippen MR) is 237 cm³/mol. The van der Waals surface area contributed by atoms with E-state index in [0.717, 1.165) is 12.8 Å². The van der Waals surface area contributed by atoms with Crippen molar-refractivity contribution in [1.82, 2.24) is 0 Å². The molecule has 65 heavy (non-hydrogen) atoms. The topological polar surface area (TPSA) is 320 Å². The number of cyclic esters (lactones) is 1. The van der Waals surface area contributed by atoms with Gasteiger partial charge in [-0.3, -0.25) is 9.59 Å². The molecule has 3 aliphatic rings. The number of carbonyl (C=O) groups is 2. The van der Waals surface area contributed by atoms with Gasteiger partial charge in [0.15, 0.2) is 12.1 Å². The van der Waals surface area contributed by atoms with Crippen LogP contribution in [0.25, 0.3) is 0 Å². The Hall–Kier alpha value is -3.18. The summed E-state index contributed by atoms with van der Waals surface area (Å²) in [5.74, 6) is -6.82. The number of ether oxygens (including phenoxy) is 4. The molecule has 19 atom stereocenters. The summed E-state index contributed by atoms with van der Waals surface area (Å²) in [4.78, 5) is 25.1. The van der Waals surface area contributed by atoms with Crippen LogP contribution in [-0.4, -0.2) is 166 Å². The zero-order valence-corrected chi connectivity index (χ0v) is 37.8. The number of rotatable bonds is 3. The fourth-order valence-electron chi connectivity index (χ4n) is 8.11. The van der Waals surface area contributed by atoms with Gasteiger partial charge in [0.1, 0.15) is 18.1 Å². The summed E-state index contributed by atoms with van der Waals surface area (Å²) < 4.78 is 23.2. The van der Waals surface area contributed by atoms with Crippen LogP contribution in [-0.2, 0) is 28.5 Å². The molecule has 18 nitrogen and oxygen atoms in total. The third-order valence-electron chi connectivity index (χ3n) is 12.2. The first-order valence-electron chi connectivity index (χ1n) is 22.6. The number of esters is 1. The van der Waals surface area contributed by atoms with Gasteiger partial charge in [0, 0.05) is 31.1 Å². The maximum Gasteiger partial charge on any atom is 0.311 e. The number of aliphatic hydroxyl groups excluding tert-OH is 9. The minimum Gasteiger partial charge on any atom is -0.481 e. The quantitative estimate of drug-likeness (QED) is 0.175. The van der Waals surface area contributed by atoms with Crippen LogP contribution in [0.3, 0.4) is 0 Å². The summed E-state index contributed by atoms with van der Waals surface area (Å²) in [5, 5.41) is 118. The van der Waals surface area contributed by atoms with E-state index in [-0.39, 0.29) is 38.0 Å². The first-order valence-corrected chi connectivity index (χ1v) is 22.6. The Balaban J connectivity index is 1.84. The maximum atomic E-state index is 12.6. The van der Waals surface area contributed by atoms with E-state index in [4.69, 9.17) is 24.7 Å². The lowest BCUT2D eigenvalue weighted by Gasteiger charge is -2.45. The van der Waals surface area contributed by atoms with E-state index < -0.39 is 141 Å². The van der Waals surface area contributed by atoms with Crippen LogP contribution in [0.5, 0.6) is 0 Å². The van der Waals surface area contributed by atoms with Gasteiger partial charge in [0.05, 0.1) is 79.6 Å². The second-order valence-electron chi connectivity index (χ2n) is 17.8. The van der Waals surface area contributed by atoms with Crippen LogP contribution < -0.4 is 5.73 Å². The lowest BCUT2D eigenvalue weighted by atomic mass is 9.82. The lowest BCUT2D eigenvalue weighted by molar-refractivity contribution is -0.310. The van der Waals surface area contributed by atoms with Gasteiger partial charge in [-0.05, 0) is 52.4 Å². The molecule has 2 saturated heterocycles. The molecule has 18 heteroatoms. The molecule has 3 heterocycles. The number of hydrogen-bond donors (Lipinski definition) is 12.